The van der Waals surface area contributed by atoms with E-state index in [1.807, 2.05) is 0 Å². The molecular weight excluding hydrogens is 496 g/mol. The molecule has 1 saturated heterocycles. The molecule has 0 saturated carbocycles. The molecule has 1 aromatic carbocycles. The first-order chi connectivity index (χ1) is 17.8. The van der Waals surface area contributed by atoms with Gasteiger partial charge in [-0.25, -0.2) is 23.1 Å². The normalized spacial score (nSPS) is 15.4. The minimum absolute atomic E-state index is 0.0430. The number of anilines is 1. The van der Waals surface area contributed by atoms with Crippen LogP contribution in [0.5, 0.6) is 0 Å². The predicted octanol–water partition coefficient (Wildman–Crippen LogP) is 1.85. The van der Waals surface area contributed by atoms with Crippen LogP contribution in [0.4, 0.5) is 19.0 Å². The first-order valence-electron chi connectivity index (χ1n) is 11.6. The third-order valence-electron chi connectivity index (χ3n) is 6.13. The summed E-state index contributed by atoms with van der Waals surface area (Å²) in [6, 6.07) is 6.90. The van der Waals surface area contributed by atoms with Crippen molar-refractivity contribution in [3.63, 3.8) is 0 Å². The fourth-order valence-electron chi connectivity index (χ4n) is 4.07. The van der Waals surface area contributed by atoms with Crippen LogP contribution >= 0.6 is 0 Å². The van der Waals surface area contributed by atoms with Crippen molar-refractivity contribution in [3.8, 4) is 0 Å². The molecule has 0 aliphatic carbocycles. The second-order valence-electron chi connectivity index (χ2n) is 8.97. The number of amides is 1. The van der Waals surface area contributed by atoms with Crippen LogP contribution in [-0.2, 0) is 23.1 Å². The molecular formula is C24H25B3F3N5O3. The van der Waals surface area contributed by atoms with E-state index in [0.717, 1.165) is 12.5 Å². The molecule has 2 aromatic heterocycles. The van der Waals surface area contributed by atoms with Crippen molar-refractivity contribution in [1.29, 1.82) is 0 Å². The average Bonchev–Trinajstić information content (AvgIpc) is 3.35. The molecule has 1 unspecified atom stereocenters. The number of ether oxygens (including phenoxy) is 1. The Balaban J connectivity index is 0.000000260. The second kappa shape index (κ2) is 12.1. The molecule has 0 N–H and O–H groups in total. The van der Waals surface area contributed by atoms with Crippen molar-refractivity contribution in [3.05, 3.63) is 64.0 Å². The van der Waals surface area contributed by atoms with Crippen molar-refractivity contribution in [2.75, 3.05) is 32.1 Å². The highest BCUT2D eigenvalue weighted by atomic mass is 19.3. The van der Waals surface area contributed by atoms with Gasteiger partial charge in [-0.3, -0.25) is 14.2 Å². The summed E-state index contributed by atoms with van der Waals surface area (Å²) < 4.78 is 46.4. The summed E-state index contributed by atoms with van der Waals surface area (Å²) in [5.41, 5.74) is -0.264. The maximum Gasteiger partial charge on any atom is 0.266 e. The number of likely N-dealkylation sites (tertiary alicyclic amines) is 1. The number of rotatable bonds is 6. The molecule has 0 spiro atoms. The zero-order valence-electron chi connectivity index (χ0n) is 21.3. The molecule has 3 aromatic rings. The Morgan fingerprint density at radius 1 is 1.24 bits per heavy atom. The van der Waals surface area contributed by atoms with E-state index >= 15 is 0 Å². The van der Waals surface area contributed by atoms with Gasteiger partial charge < -0.3 is 14.5 Å². The highest BCUT2D eigenvalue weighted by Crippen LogP contribution is 2.27. The van der Waals surface area contributed by atoms with Crippen molar-refractivity contribution >= 4 is 46.3 Å². The third-order valence-corrected chi connectivity index (χ3v) is 6.13. The largest absolute Gasteiger partial charge is 0.380 e. The number of hydrogen-bond acceptors (Lipinski definition) is 6. The molecule has 3 heterocycles. The number of aromatic nitrogens is 3. The van der Waals surface area contributed by atoms with Crippen LogP contribution in [0.15, 0.2) is 41.5 Å². The number of benzene rings is 1. The number of pyridine rings is 1. The van der Waals surface area contributed by atoms with Gasteiger partial charge in [-0.05, 0) is 12.5 Å². The average molecular weight is 521 g/mol. The minimum Gasteiger partial charge on any atom is -0.380 e. The summed E-state index contributed by atoms with van der Waals surface area (Å²) in [5.74, 6) is -0.885. The molecule has 0 bridgehead atoms. The summed E-state index contributed by atoms with van der Waals surface area (Å²) in [6.07, 6.45) is -0.691. The van der Waals surface area contributed by atoms with E-state index in [9.17, 15) is 22.8 Å². The SMILES string of the molecule is CN(Cc1cccc(C(F)F)c1F)c1ncnc2c1ccc(=O)n2C.[B]C([B])([B])C(=O)N1CCC(OC)C1. The Labute approximate surface area is 222 Å². The Kier molecular flexibility index (Phi) is 9.29. The third kappa shape index (κ3) is 6.58. The van der Waals surface area contributed by atoms with E-state index in [4.69, 9.17) is 28.3 Å². The molecule has 1 aliphatic rings. The van der Waals surface area contributed by atoms with Gasteiger partial charge in [-0.15, -0.1) is 0 Å². The highest BCUT2D eigenvalue weighted by molar-refractivity contribution is 6.68. The molecule has 38 heavy (non-hydrogen) atoms. The molecule has 4 rings (SSSR count). The summed E-state index contributed by atoms with van der Waals surface area (Å²) in [4.78, 5) is 34.6. The molecule has 1 amide bonds. The van der Waals surface area contributed by atoms with Gasteiger partial charge in [0.1, 0.15) is 23.6 Å². The Bertz CT molecular complexity index is 1350. The smallest absolute Gasteiger partial charge is 0.266 e. The van der Waals surface area contributed by atoms with Crippen LogP contribution in [0.25, 0.3) is 11.0 Å². The van der Waals surface area contributed by atoms with Crippen molar-refractivity contribution in [2.45, 2.75) is 30.6 Å². The number of aryl methyl sites for hydroxylation is 1. The van der Waals surface area contributed by atoms with Gasteiger partial charge in [0.05, 0.1) is 40.6 Å². The number of halogens is 3. The number of methoxy groups -OCH3 is 1. The van der Waals surface area contributed by atoms with Crippen molar-refractivity contribution in [2.24, 2.45) is 7.05 Å². The monoisotopic (exact) mass is 521 g/mol. The fraction of sp³-hybridized carbons (Fsp3) is 0.417. The van der Waals surface area contributed by atoms with E-state index in [0.29, 0.717) is 29.9 Å². The van der Waals surface area contributed by atoms with Crippen LogP contribution in [0.3, 0.4) is 0 Å². The predicted molar refractivity (Wildman–Crippen MR) is 140 cm³/mol. The molecule has 1 atom stereocenters. The quantitative estimate of drug-likeness (QED) is 0.462. The summed E-state index contributed by atoms with van der Waals surface area (Å²) in [5, 5.41) is -1.15. The molecule has 8 nitrogen and oxygen atoms in total. The Morgan fingerprint density at radius 2 is 1.95 bits per heavy atom. The van der Waals surface area contributed by atoms with Gasteiger partial charge in [0.2, 0.25) is 5.91 Å². The van der Waals surface area contributed by atoms with Gasteiger partial charge >= 0.3 is 0 Å². The first kappa shape index (κ1) is 29.3. The lowest BCUT2D eigenvalue weighted by molar-refractivity contribution is -0.129. The zero-order valence-corrected chi connectivity index (χ0v) is 21.3. The number of hydrogen-bond donors (Lipinski definition) is 0. The van der Waals surface area contributed by atoms with Crippen LogP contribution < -0.4 is 10.5 Å². The van der Waals surface area contributed by atoms with E-state index in [1.165, 1.54) is 34.0 Å². The minimum atomic E-state index is -2.88. The van der Waals surface area contributed by atoms with Gasteiger partial charge in [0.25, 0.3) is 12.0 Å². The van der Waals surface area contributed by atoms with Gasteiger partial charge in [0, 0.05) is 52.5 Å². The standard InChI is InChI=1S/C17H15F3N4O.C7H10B3NO2/c1-23(8-10-4-3-5-11(14(10)18)15(19)20)16-12-6-7-13(25)24(2)17(12)22-9-21-16;1-13-5-2-3-11(4-5)6(12)7(8,9)10/h3-7,9,15H,8H2,1-2H3;5H,2-4H2,1H3. The van der Waals surface area contributed by atoms with Crippen LogP contribution in [0.1, 0.15) is 24.0 Å². The lowest BCUT2D eigenvalue weighted by Crippen LogP contribution is -2.40. The molecule has 14 heteroatoms. The zero-order chi connectivity index (χ0) is 28.2. The van der Waals surface area contributed by atoms with Gasteiger partial charge in [-0.1, -0.05) is 23.3 Å². The summed E-state index contributed by atoms with van der Waals surface area (Å²) >= 11 is 0. The summed E-state index contributed by atoms with van der Waals surface area (Å²) in [6.45, 7) is 1.16. The topological polar surface area (TPSA) is 80.6 Å². The number of alkyl halides is 2. The van der Waals surface area contributed by atoms with E-state index in [1.54, 1.807) is 32.2 Å². The molecule has 6 radical (unpaired) electrons. The Hall–Kier alpha value is -3.28. The summed E-state index contributed by atoms with van der Waals surface area (Å²) in [7, 11) is 20.7. The van der Waals surface area contributed by atoms with Gasteiger partial charge in [0.15, 0.2) is 0 Å². The maximum atomic E-state index is 14.2. The second-order valence-corrected chi connectivity index (χ2v) is 8.97. The van der Waals surface area contributed by atoms with Crippen molar-refractivity contribution in [1.82, 2.24) is 19.4 Å². The number of fused-ring (bicyclic) bond motifs is 1. The molecule has 1 fully saturated rings. The fourth-order valence-corrected chi connectivity index (χ4v) is 4.07. The molecule has 194 valence electrons. The van der Waals surface area contributed by atoms with Crippen LogP contribution in [0, 0.1) is 5.82 Å². The maximum absolute atomic E-state index is 14.2. The van der Waals surface area contributed by atoms with Gasteiger partial charge in [-0.2, -0.15) is 0 Å². The Morgan fingerprint density at radius 3 is 2.55 bits per heavy atom. The number of carbonyl (C=O) groups is 1. The highest BCUT2D eigenvalue weighted by Gasteiger charge is 2.31. The number of nitrogens with zero attached hydrogens (tertiary/aromatic N) is 5. The number of carbonyl (C=O) groups excluding carboxylic acids is 1. The van der Waals surface area contributed by atoms with E-state index in [2.05, 4.69) is 9.97 Å². The van der Waals surface area contributed by atoms with E-state index in [-0.39, 0.29) is 23.8 Å². The lowest BCUT2D eigenvalue weighted by atomic mass is 9.42. The van der Waals surface area contributed by atoms with Crippen LogP contribution in [-0.4, -0.2) is 82.2 Å². The van der Waals surface area contributed by atoms with Crippen LogP contribution in [0.2, 0.25) is 5.11 Å². The molecule has 1 aliphatic heterocycles. The lowest BCUT2D eigenvalue weighted by Gasteiger charge is -2.26. The van der Waals surface area contributed by atoms with Crippen molar-refractivity contribution < 1.29 is 22.7 Å². The first-order valence-corrected chi connectivity index (χ1v) is 11.6. The van der Waals surface area contributed by atoms with E-state index < -0.39 is 28.8 Å².